The molecule has 0 bridgehead atoms. The van der Waals surface area contributed by atoms with E-state index < -0.39 is 15.8 Å². The van der Waals surface area contributed by atoms with Gasteiger partial charge in [0.05, 0.1) is 11.9 Å². The number of anilines is 2. The Balaban J connectivity index is 1.77. The van der Waals surface area contributed by atoms with E-state index in [2.05, 4.69) is 0 Å². The molecule has 0 fully saturated rings. The van der Waals surface area contributed by atoms with Gasteiger partial charge in [-0.15, -0.1) is 0 Å². The average Bonchev–Trinajstić information content (AvgIpc) is 2.91. The van der Waals surface area contributed by atoms with Crippen molar-refractivity contribution in [1.82, 2.24) is 0 Å². The second kappa shape index (κ2) is 7.07. The molecule has 0 aliphatic carbocycles. The standard InChI is InChI=1S/C19H21FN2O3S/c1-14-13-15-5-3-4-6-18(15)22(14)19(23)11-12-21(26(2,24)25)17-9-7-16(20)8-10-17/h3-10,14H,11-13H2,1-2H3. The summed E-state index contributed by atoms with van der Waals surface area (Å²) in [5.41, 5.74) is 2.35. The average molecular weight is 376 g/mol. The number of amides is 1. The van der Waals surface area contributed by atoms with Crippen LogP contribution in [0.25, 0.3) is 0 Å². The molecule has 5 nitrogen and oxygen atoms in total. The van der Waals surface area contributed by atoms with Gasteiger partial charge in [0.1, 0.15) is 5.82 Å². The summed E-state index contributed by atoms with van der Waals surface area (Å²) in [6.45, 7) is 1.99. The van der Waals surface area contributed by atoms with E-state index in [0.717, 1.165) is 28.2 Å². The van der Waals surface area contributed by atoms with Crippen LogP contribution in [0.3, 0.4) is 0 Å². The SMILES string of the molecule is CC1Cc2ccccc2N1C(=O)CCN(c1ccc(F)cc1)S(C)(=O)=O. The number of halogens is 1. The van der Waals surface area contributed by atoms with Crippen molar-refractivity contribution < 1.29 is 17.6 Å². The molecule has 2 aromatic carbocycles. The van der Waals surface area contributed by atoms with E-state index in [1.807, 2.05) is 31.2 Å². The highest BCUT2D eigenvalue weighted by Crippen LogP contribution is 2.32. The highest BCUT2D eigenvalue weighted by Gasteiger charge is 2.31. The molecule has 1 aliphatic heterocycles. The van der Waals surface area contributed by atoms with Crippen molar-refractivity contribution in [2.24, 2.45) is 0 Å². The maximum atomic E-state index is 13.1. The topological polar surface area (TPSA) is 57.7 Å². The second-order valence-electron chi connectivity index (χ2n) is 6.51. The smallest absolute Gasteiger partial charge is 0.232 e. The molecule has 0 saturated carbocycles. The first-order chi connectivity index (χ1) is 12.3. The lowest BCUT2D eigenvalue weighted by Gasteiger charge is -2.26. The Bertz CT molecular complexity index is 913. The third-order valence-electron chi connectivity index (χ3n) is 4.52. The molecule has 1 amide bonds. The summed E-state index contributed by atoms with van der Waals surface area (Å²) in [6, 6.07) is 13.0. The number of para-hydroxylation sites is 1. The number of carbonyl (C=O) groups is 1. The molecule has 0 radical (unpaired) electrons. The van der Waals surface area contributed by atoms with Crippen molar-refractivity contribution in [3.63, 3.8) is 0 Å². The molecule has 26 heavy (non-hydrogen) atoms. The van der Waals surface area contributed by atoms with E-state index in [1.165, 1.54) is 24.3 Å². The molecule has 1 heterocycles. The van der Waals surface area contributed by atoms with Crippen LogP contribution in [0.5, 0.6) is 0 Å². The van der Waals surface area contributed by atoms with Gasteiger partial charge in [-0.2, -0.15) is 0 Å². The molecule has 1 atom stereocenters. The van der Waals surface area contributed by atoms with Gasteiger partial charge < -0.3 is 4.90 Å². The molecule has 1 aliphatic rings. The van der Waals surface area contributed by atoms with Crippen LogP contribution in [0.15, 0.2) is 48.5 Å². The van der Waals surface area contributed by atoms with Crippen molar-refractivity contribution in [3.05, 3.63) is 59.9 Å². The molecule has 0 N–H and O–H groups in total. The monoisotopic (exact) mass is 376 g/mol. The van der Waals surface area contributed by atoms with E-state index in [1.54, 1.807) is 4.90 Å². The van der Waals surface area contributed by atoms with Crippen LogP contribution in [0.4, 0.5) is 15.8 Å². The Morgan fingerprint density at radius 1 is 1.19 bits per heavy atom. The lowest BCUT2D eigenvalue weighted by molar-refractivity contribution is -0.118. The normalized spacial score (nSPS) is 16.4. The van der Waals surface area contributed by atoms with E-state index in [9.17, 15) is 17.6 Å². The van der Waals surface area contributed by atoms with Crippen molar-refractivity contribution in [3.8, 4) is 0 Å². The minimum Gasteiger partial charge on any atom is -0.309 e. The van der Waals surface area contributed by atoms with Gasteiger partial charge in [0.15, 0.2) is 0 Å². The first-order valence-corrected chi connectivity index (χ1v) is 10.3. The van der Waals surface area contributed by atoms with Crippen molar-refractivity contribution in [1.29, 1.82) is 0 Å². The molecular formula is C19H21FN2O3S. The lowest BCUT2D eigenvalue weighted by Crippen LogP contribution is -2.39. The summed E-state index contributed by atoms with van der Waals surface area (Å²) >= 11 is 0. The first-order valence-electron chi connectivity index (χ1n) is 8.40. The predicted molar refractivity (Wildman–Crippen MR) is 100 cm³/mol. The third kappa shape index (κ3) is 3.72. The maximum absolute atomic E-state index is 13.1. The fourth-order valence-corrected chi connectivity index (χ4v) is 4.28. The predicted octanol–water partition coefficient (Wildman–Crippen LogP) is 2.96. The van der Waals surface area contributed by atoms with Gasteiger partial charge in [-0.05, 0) is 49.2 Å². The molecule has 7 heteroatoms. The summed E-state index contributed by atoms with van der Waals surface area (Å²) in [7, 11) is -3.58. The first kappa shape index (κ1) is 18.4. The molecule has 1 unspecified atom stereocenters. The van der Waals surface area contributed by atoms with Crippen molar-refractivity contribution in [2.45, 2.75) is 25.8 Å². The van der Waals surface area contributed by atoms with E-state index >= 15 is 0 Å². The molecular weight excluding hydrogens is 355 g/mol. The number of fused-ring (bicyclic) bond motifs is 1. The zero-order valence-corrected chi connectivity index (χ0v) is 15.5. The quantitative estimate of drug-likeness (QED) is 0.806. The number of rotatable bonds is 5. The lowest BCUT2D eigenvalue weighted by atomic mass is 10.1. The Hall–Kier alpha value is -2.41. The van der Waals surface area contributed by atoms with Gasteiger partial charge in [0.25, 0.3) is 0 Å². The van der Waals surface area contributed by atoms with Crippen LogP contribution in [-0.2, 0) is 21.2 Å². The second-order valence-corrected chi connectivity index (χ2v) is 8.41. The van der Waals surface area contributed by atoms with Crippen LogP contribution in [0.1, 0.15) is 18.9 Å². The Kier molecular flexibility index (Phi) is 5.00. The highest BCUT2D eigenvalue weighted by atomic mass is 32.2. The van der Waals surface area contributed by atoms with Gasteiger partial charge in [-0.25, -0.2) is 12.8 Å². The van der Waals surface area contributed by atoms with Crippen molar-refractivity contribution >= 4 is 27.3 Å². The zero-order valence-electron chi connectivity index (χ0n) is 14.7. The summed E-state index contributed by atoms with van der Waals surface area (Å²) in [5.74, 6) is -0.570. The molecule has 2 aromatic rings. The Morgan fingerprint density at radius 3 is 2.50 bits per heavy atom. The molecule has 0 spiro atoms. The number of hydrogen-bond donors (Lipinski definition) is 0. The maximum Gasteiger partial charge on any atom is 0.232 e. The van der Waals surface area contributed by atoms with Crippen LogP contribution >= 0.6 is 0 Å². The van der Waals surface area contributed by atoms with Gasteiger partial charge in [0, 0.05) is 24.7 Å². The summed E-state index contributed by atoms with van der Waals surface area (Å²) < 4.78 is 38.5. The van der Waals surface area contributed by atoms with Gasteiger partial charge in [0.2, 0.25) is 15.9 Å². The summed E-state index contributed by atoms with van der Waals surface area (Å²) in [4.78, 5) is 14.5. The van der Waals surface area contributed by atoms with Crippen LogP contribution in [-0.4, -0.2) is 33.2 Å². The number of benzene rings is 2. The van der Waals surface area contributed by atoms with E-state index in [0.29, 0.717) is 5.69 Å². The van der Waals surface area contributed by atoms with Gasteiger partial charge in [-0.3, -0.25) is 9.10 Å². The number of sulfonamides is 1. The largest absolute Gasteiger partial charge is 0.309 e. The molecule has 0 aromatic heterocycles. The summed E-state index contributed by atoms with van der Waals surface area (Å²) in [5, 5.41) is 0. The molecule has 0 saturated heterocycles. The molecule has 138 valence electrons. The fraction of sp³-hybridized carbons (Fsp3) is 0.316. The number of carbonyl (C=O) groups excluding carboxylic acids is 1. The van der Waals surface area contributed by atoms with Crippen molar-refractivity contribution in [2.75, 3.05) is 22.0 Å². The summed E-state index contributed by atoms with van der Waals surface area (Å²) in [6.07, 6.45) is 1.91. The Morgan fingerprint density at radius 2 is 1.85 bits per heavy atom. The van der Waals surface area contributed by atoms with Gasteiger partial charge in [-0.1, -0.05) is 18.2 Å². The highest BCUT2D eigenvalue weighted by molar-refractivity contribution is 7.92. The number of nitrogens with zero attached hydrogens (tertiary/aromatic N) is 2. The van der Waals surface area contributed by atoms with E-state index in [4.69, 9.17) is 0 Å². The van der Waals surface area contributed by atoms with E-state index in [-0.39, 0.29) is 24.9 Å². The van der Waals surface area contributed by atoms with Crippen LogP contribution in [0.2, 0.25) is 0 Å². The molecule has 3 rings (SSSR count). The minimum absolute atomic E-state index is 0.00862. The third-order valence-corrected chi connectivity index (χ3v) is 5.71. The van der Waals surface area contributed by atoms with Gasteiger partial charge >= 0.3 is 0 Å². The minimum atomic E-state index is -3.58. The fourth-order valence-electron chi connectivity index (χ4n) is 3.36. The number of hydrogen-bond acceptors (Lipinski definition) is 3. The zero-order chi connectivity index (χ0) is 18.9. The Labute approximate surface area is 153 Å². The van der Waals surface area contributed by atoms with Crippen LogP contribution < -0.4 is 9.21 Å². The van der Waals surface area contributed by atoms with Crippen LogP contribution in [0, 0.1) is 5.82 Å².